The van der Waals surface area contributed by atoms with E-state index in [0.717, 1.165) is 0 Å². The molecule has 16 heavy (non-hydrogen) atoms. The fourth-order valence-corrected chi connectivity index (χ4v) is 1.15. The number of carboxylic acids is 1. The summed E-state index contributed by atoms with van der Waals surface area (Å²) < 4.78 is 1.34. The first-order chi connectivity index (χ1) is 7.70. The van der Waals surface area contributed by atoms with Gasteiger partial charge in [0.25, 0.3) is 0 Å². The van der Waals surface area contributed by atoms with Crippen molar-refractivity contribution in [2.75, 3.05) is 0 Å². The molecule has 0 spiro atoms. The van der Waals surface area contributed by atoms with E-state index in [9.17, 15) is 4.79 Å². The van der Waals surface area contributed by atoms with Gasteiger partial charge in [-0.25, -0.2) is 14.5 Å². The van der Waals surface area contributed by atoms with Crippen LogP contribution in [0.2, 0.25) is 0 Å². The highest BCUT2D eigenvalue weighted by atomic mass is 16.4. The van der Waals surface area contributed by atoms with Crippen LogP contribution in [0.15, 0.2) is 30.7 Å². The molecule has 1 N–H and O–H groups in total. The second-order valence-corrected chi connectivity index (χ2v) is 3.00. The van der Waals surface area contributed by atoms with Gasteiger partial charge >= 0.3 is 5.97 Å². The molecule has 0 aromatic carbocycles. The highest BCUT2D eigenvalue weighted by molar-refractivity contribution is 5.86. The van der Waals surface area contributed by atoms with Gasteiger partial charge in [-0.2, -0.15) is 10.4 Å². The average molecular weight is 214 g/mol. The van der Waals surface area contributed by atoms with Gasteiger partial charge in [-0.05, 0) is 12.1 Å². The third-order valence-electron chi connectivity index (χ3n) is 1.94. The number of aromatic carboxylic acids is 1. The molecule has 0 aliphatic carbocycles. The Kier molecular flexibility index (Phi) is 2.36. The van der Waals surface area contributed by atoms with Crippen LogP contribution in [0.25, 0.3) is 5.82 Å². The number of rotatable bonds is 2. The molecule has 0 bridgehead atoms. The molecule has 6 nitrogen and oxygen atoms in total. The van der Waals surface area contributed by atoms with Crippen molar-refractivity contribution in [2.24, 2.45) is 0 Å². The summed E-state index contributed by atoms with van der Waals surface area (Å²) in [4.78, 5) is 14.6. The number of hydrogen-bond acceptors (Lipinski definition) is 4. The van der Waals surface area contributed by atoms with Crippen molar-refractivity contribution in [3.8, 4) is 11.9 Å². The summed E-state index contributed by atoms with van der Waals surface area (Å²) in [5, 5.41) is 21.1. The van der Waals surface area contributed by atoms with E-state index in [4.69, 9.17) is 10.4 Å². The molecule has 0 amide bonds. The normalized spacial score (nSPS) is 9.69. The second-order valence-electron chi connectivity index (χ2n) is 3.00. The number of pyridine rings is 1. The van der Waals surface area contributed by atoms with E-state index in [1.165, 1.54) is 23.3 Å². The molecule has 0 radical (unpaired) electrons. The third-order valence-corrected chi connectivity index (χ3v) is 1.94. The van der Waals surface area contributed by atoms with Crippen molar-refractivity contribution in [3.63, 3.8) is 0 Å². The van der Waals surface area contributed by atoms with Gasteiger partial charge < -0.3 is 5.11 Å². The van der Waals surface area contributed by atoms with E-state index < -0.39 is 5.97 Å². The minimum atomic E-state index is -1.04. The Bertz CT molecular complexity index is 565. The van der Waals surface area contributed by atoms with Gasteiger partial charge in [-0.1, -0.05) is 0 Å². The average Bonchev–Trinajstić information content (AvgIpc) is 2.78. The Morgan fingerprint density at radius 3 is 2.75 bits per heavy atom. The van der Waals surface area contributed by atoms with Crippen molar-refractivity contribution in [3.05, 3.63) is 41.9 Å². The van der Waals surface area contributed by atoms with Crippen molar-refractivity contribution in [1.82, 2.24) is 14.8 Å². The second kappa shape index (κ2) is 3.82. The monoisotopic (exact) mass is 214 g/mol. The summed E-state index contributed by atoms with van der Waals surface area (Å²) in [6.45, 7) is 0. The summed E-state index contributed by atoms with van der Waals surface area (Å²) in [5.41, 5.74) is 0.528. The lowest BCUT2D eigenvalue weighted by atomic mass is 10.3. The number of nitriles is 1. The molecule has 2 heterocycles. The number of carboxylic acid groups (broad SMARTS) is 1. The lowest BCUT2D eigenvalue weighted by molar-refractivity contribution is 0.0697. The fourth-order valence-electron chi connectivity index (χ4n) is 1.15. The summed E-state index contributed by atoms with van der Waals surface area (Å²) >= 11 is 0. The Hall–Kier alpha value is -2.68. The van der Waals surface area contributed by atoms with E-state index in [-0.39, 0.29) is 5.56 Å². The highest BCUT2D eigenvalue weighted by Crippen LogP contribution is 2.06. The molecule has 0 atom stereocenters. The van der Waals surface area contributed by atoms with E-state index in [1.807, 2.05) is 6.07 Å². The van der Waals surface area contributed by atoms with Gasteiger partial charge in [0.1, 0.15) is 6.07 Å². The minimum Gasteiger partial charge on any atom is -0.478 e. The smallest absolute Gasteiger partial charge is 0.338 e. The number of aromatic nitrogens is 3. The van der Waals surface area contributed by atoms with Gasteiger partial charge in [0.05, 0.1) is 17.3 Å². The molecule has 0 saturated carbocycles. The lowest BCUT2D eigenvalue weighted by Gasteiger charge is -1.98. The zero-order chi connectivity index (χ0) is 11.5. The quantitative estimate of drug-likeness (QED) is 0.799. The number of hydrogen-bond donors (Lipinski definition) is 1. The predicted octanol–water partition coefficient (Wildman–Crippen LogP) is 0.837. The van der Waals surface area contributed by atoms with Crippen LogP contribution < -0.4 is 0 Å². The van der Waals surface area contributed by atoms with Crippen LogP contribution in [0, 0.1) is 11.3 Å². The molecule has 0 aliphatic heterocycles. The zero-order valence-corrected chi connectivity index (χ0v) is 8.03. The van der Waals surface area contributed by atoms with Crippen LogP contribution in [0.3, 0.4) is 0 Å². The molecule has 0 unspecified atom stereocenters. The Balaban J connectivity index is 2.36. The molecular formula is C10H6N4O2. The van der Waals surface area contributed by atoms with Gasteiger partial charge in [0.2, 0.25) is 0 Å². The topological polar surface area (TPSA) is 91.8 Å². The van der Waals surface area contributed by atoms with Crippen molar-refractivity contribution < 1.29 is 9.90 Å². The maximum atomic E-state index is 10.6. The van der Waals surface area contributed by atoms with E-state index in [0.29, 0.717) is 11.4 Å². The number of nitrogens with zero attached hydrogens (tertiary/aromatic N) is 4. The van der Waals surface area contributed by atoms with Gasteiger partial charge in [0, 0.05) is 12.4 Å². The van der Waals surface area contributed by atoms with Gasteiger partial charge in [0.15, 0.2) is 5.82 Å². The fraction of sp³-hybridized carbons (Fsp3) is 0. The predicted molar refractivity (Wildman–Crippen MR) is 53.0 cm³/mol. The molecule has 2 rings (SSSR count). The minimum absolute atomic E-state index is 0.0890. The van der Waals surface area contributed by atoms with E-state index in [1.54, 1.807) is 12.1 Å². The Labute approximate surface area is 90.4 Å². The van der Waals surface area contributed by atoms with Crippen LogP contribution in [0.1, 0.15) is 15.9 Å². The third kappa shape index (κ3) is 1.74. The Morgan fingerprint density at radius 1 is 1.44 bits per heavy atom. The van der Waals surface area contributed by atoms with Crippen LogP contribution in [-0.2, 0) is 0 Å². The molecule has 0 aliphatic rings. The first kappa shape index (κ1) is 9.86. The standard InChI is InChI=1S/C10H6N4O2/c11-3-7-1-2-9(12-4-7)14-6-8(5-13-14)10(15)16/h1-2,4-6H,(H,15,16). The summed E-state index contributed by atoms with van der Waals surface area (Å²) in [6.07, 6.45) is 4.00. The van der Waals surface area contributed by atoms with Crippen LogP contribution >= 0.6 is 0 Å². The molecular weight excluding hydrogens is 208 g/mol. The summed E-state index contributed by atoms with van der Waals surface area (Å²) in [5.74, 6) is -0.577. The van der Waals surface area contributed by atoms with Crippen LogP contribution in [0.4, 0.5) is 0 Å². The number of carbonyl (C=O) groups is 1. The zero-order valence-electron chi connectivity index (χ0n) is 8.03. The van der Waals surface area contributed by atoms with E-state index >= 15 is 0 Å². The van der Waals surface area contributed by atoms with Crippen LogP contribution in [-0.4, -0.2) is 25.8 Å². The molecule has 2 aromatic heterocycles. The summed E-state index contributed by atoms with van der Waals surface area (Å²) in [6, 6.07) is 5.12. The molecule has 2 aromatic rings. The largest absolute Gasteiger partial charge is 0.478 e. The summed E-state index contributed by atoms with van der Waals surface area (Å²) in [7, 11) is 0. The van der Waals surface area contributed by atoms with Crippen molar-refractivity contribution in [2.45, 2.75) is 0 Å². The SMILES string of the molecule is N#Cc1ccc(-n2cc(C(=O)O)cn2)nc1. The highest BCUT2D eigenvalue weighted by Gasteiger charge is 2.07. The first-order valence-electron chi connectivity index (χ1n) is 4.35. The Morgan fingerprint density at radius 2 is 2.25 bits per heavy atom. The van der Waals surface area contributed by atoms with Gasteiger partial charge in [-0.15, -0.1) is 0 Å². The van der Waals surface area contributed by atoms with Crippen molar-refractivity contribution >= 4 is 5.97 Å². The molecule has 6 heteroatoms. The van der Waals surface area contributed by atoms with Crippen LogP contribution in [0.5, 0.6) is 0 Å². The molecule has 78 valence electrons. The molecule has 0 fully saturated rings. The first-order valence-corrected chi connectivity index (χ1v) is 4.35. The lowest BCUT2D eigenvalue weighted by Crippen LogP contribution is -1.98. The van der Waals surface area contributed by atoms with Gasteiger partial charge in [-0.3, -0.25) is 0 Å². The maximum absolute atomic E-state index is 10.6. The van der Waals surface area contributed by atoms with Crippen molar-refractivity contribution in [1.29, 1.82) is 5.26 Å². The molecule has 0 saturated heterocycles. The van der Waals surface area contributed by atoms with E-state index in [2.05, 4.69) is 10.1 Å². The maximum Gasteiger partial charge on any atom is 0.338 e.